The molecule has 1 aromatic carbocycles. The fourth-order valence-corrected chi connectivity index (χ4v) is 3.51. The molecule has 5 rings (SSSR count). The van der Waals surface area contributed by atoms with Crippen molar-refractivity contribution in [2.24, 2.45) is 5.92 Å². The Bertz CT molecular complexity index is 1030. The van der Waals surface area contributed by atoms with Crippen molar-refractivity contribution < 1.29 is 9.59 Å². The Hall–Kier alpha value is -2.61. The van der Waals surface area contributed by atoms with E-state index in [9.17, 15) is 9.59 Å². The van der Waals surface area contributed by atoms with Gasteiger partial charge in [-0.15, -0.1) is 0 Å². The lowest BCUT2D eigenvalue weighted by Gasteiger charge is -2.03. The SMILES string of the molecule is CNC(C=O)C1CC1.CNCCc1ccc(Cl)cc1.O=Cc1c[nH]c2ncc(C3CC3)nc12. The van der Waals surface area contributed by atoms with Crippen LogP contribution in [0.25, 0.3) is 11.2 Å². The number of hydrogen-bond acceptors (Lipinski definition) is 6. The van der Waals surface area contributed by atoms with Crippen molar-refractivity contribution in [3.63, 3.8) is 0 Å². The molecule has 8 heteroatoms. The Kier molecular flexibility index (Phi) is 9.54. The average Bonchev–Trinajstić information content (AvgIpc) is 3.78. The van der Waals surface area contributed by atoms with Gasteiger partial charge in [0.1, 0.15) is 11.8 Å². The van der Waals surface area contributed by atoms with Crippen LogP contribution >= 0.6 is 11.6 Å². The first-order chi connectivity index (χ1) is 16.1. The highest BCUT2D eigenvalue weighted by Crippen LogP contribution is 2.39. The second-order valence-corrected chi connectivity index (χ2v) is 8.83. The van der Waals surface area contributed by atoms with Crippen LogP contribution in [0.1, 0.15) is 53.2 Å². The summed E-state index contributed by atoms with van der Waals surface area (Å²) in [5.41, 5.74) is 4.32. The van der Waals surface area contributed by atoms with Gasteiger partial charge in [-0.05, 0) is 76.4 Å². The topological polar surface area (TPSA) is 99.8 Å². The molecule has 2 fully saturated rings. The molecule has 1 unspecified atom stereocenters. The number of halogens is 1. The van der Waals surface area contributed by atoms with Gasteiger partial charge in [0.15, 0.2) is 11.9 Å². The minimum atomic E-state index is 0.134. The molecule has 2 saturated carbocycles. The van der Waals surface area contributed by atoms with E-state index in [4.69, 9.17) is 11.6 Å². The second-order valence-electron chi connectivity index (χ2n) is 8.40. The van der Waals surface area contributed by atoms with Gasteiger partial charge >= 0.3 is 0 Å². The standard InChI is InChI=1S/C10H9N3O.C9H12ClN.C6H11NO/c14-5-7-3-11-10-9(7)13-8(4-12-10)6-1-2-6;1-11-7-6-8-2-4-9(10)5-3-8;1-7-6(4-8)5-2-3-5/h3-6H,1-2H2,(H,11,12);2-5,11H,6-7H2,1H3;4-7H,2-3H2,1H3. The number of nitrogens with one attached hydrogen (secondary N) is 3. The summed E-state index contributed by atoms with van der Waals surface area (Å²) in [6.45, 7) is 1.02. The van der Waals surface area contributed by atoms with Crippen LogP contribution in [0.2, 0.25) is 5.02 Å². The quantitative estimate of drug-likeness (QED) is 0.432. The van der Waals surface area contributed by atoms with Crippen molar-refractivity contribution >= 4 is 35.3 Å². The van der Waals surface area contributed by atoms with E-state index < -0.39 is 0 Å². The van der Waals surface area contributed by atoms with E-state index in [1.54, 1.807) is 12.4 Å². The Labute approximate surface area is 199 Å². The number of hydrogen-bond donors (Lipinski definition) is 3. The number of aromatic amines is 1. The van der Waals surface area contributed by atoms with Crippen LogP contribution in [-0.2, 0) is 11.2 Å². The van der Waals surface area contributed by atoms with Gasteiger partial charge in [-0.3, -0.25) is 4.79 Å². The lowest BCUT2D eigenvalue weighted by Crippen LogP contribution is -2.28. The molecule has 2 heterocycles. The van der Waals surface area contributed by atoms with E-state index in [-0.39, 0.29) is 6.04 Å². The number of H-pyrrole nitrogens is 1. The Morgan fingerprint density at radius 2 is 1.88 bits per heavy atom. The smallest absolute Gasteiger partial charge is 0.156 e. The van der Waals surface area contributed by atoms with Crippen molar-refractivity contribution in [3.8, 4) is 0 Å². The molecule has 33 heavy (non-hydrogen) atoms. The highest BCUT2D eigenvalue weighted by Gasteiger charge is 2.29. The minimum absolute atomic E-state index is 0.134. The normalized spacial score (nSPS) is 15.6. The van der Waals surface area contributed by atoms with Gasteiger partial charge in [-0.25, -0.2) is 9.97 Å². The van der Waals surface area contributed by atoms with E-state index in [1.807, 2.05) is 26.2 Å². The van der Waals surface area contributed by atoms with Crippen molar-refractivity contribution in [1.29, 1.82) is 0 Å². The summed E-state index contributed by atoms with van der Waals surface area (Å²) in [5.74, 6) is 1.22. The molecule has 2 aliphatic rings. The number of benzene rings is 1. The van der Waals surface area contributed by atoms with Gasteiger partial charge in [0, 0.05) is 17.1 Å². The van der Waals surface area contributed by atoms with E-state index in [2.05, 4.69) is 37.7 Å². The first-order valence-corrected chi connectivity index (χ1v) is 11.8. The largest absolute Gasteiger partial charge is 0.344 e. The van der Waals surface area contributed by atoms with Gasteiger partial charge in [0.2, 0.25) is 0 Å². The molecule has 7 nitrogen and oxygen atoms in total. The van der Waals surface area contributed by atoms with Crippen molar-refractivity contribution in [1.82, 2.24) is 25.6 Å². The number of fused-ring (bicyclic) bond motifs is 1. The second kappa shape index (κ2) is 12.6. The summed E-state index contributed by atoms with van der Waals surface area (Å²) in [7, 11) is 3.79. The third kappa shape index (κ3) is 7.74. The summed E-state index contributed by atoms with van der Waals surface area (Å²) in [6.07, 6.45) is 11.2. The van der Waals surface area contributed by atoms with Crippen molar-refractivity contribution in [2.45, 2.75) is 44.1 Å². The number of aldehydes is 2. The number of likely N-dealkylation sites (N-methyl/N-ethyl adjacent to an activating group) is 2. The maximum absolute atomic E-state index is 10.7. The molecule has 0 spiro atoms. The van der Waals surface area contributed by atoms with Crippen LogP contribution in [0.4, 0.5) is 0 Å². The molecular formula is C25H32ClN5O2. The average molecular weight is 470 g/mol. The van der Waals surface area contributed by atoms with Crippen LogP contribution in [-0.4, -0.2) is 54.2 Å². The Morgan fingerprint density at radius 1 is 1.15 bits per heavy atom. The van der Waals surface area contributed by atoms with Crippen LogP contribution in [0.15, 0.2) is 36.7 Å². The molecule has 3 N–H and O–H groups in total. The van der Waals surface area contributed by atoms with Crippen LogP contribution in [0.3, 0.4) is 0 Å². The molecule has 0 aliphatic heterocycles. The molecular weight excluding hydrogens is 438 g/mol. The van der Waals surface area contributed by atoms with E-state index >= 15 is 0 Å². The molecule has 0 saturated heterocycles. The van der Waals surface area contributed by atoms with Gasteiger partial charge < -0.3 is 20.4 Å². The summed E-state index contributed by atoms with van der Waals surface area (Å²) in [5, 5.41) is 6.85. The lowest BCUT2D eigenvalue weighted by atomic mass is 10.1. The lowest BCUT2D eigenvalue weighted by molar-refractivity contribution is -0.109. The fourth-order valence-electron chi connectivity index (χ4n) is 3.38. The zero-order valence-corrected chi connectivity index (χ0v) is 19.9. The van der Waals surface area contributed by atoms with Gasteiger partial charge in [0.25, 0.3) is 0 Å². The zero-order valence-electron chi connectivity index (χ0n) is 19.2. The molecule has 0 bridgehead atoms. The number of carbonyl (C=O) groups is 2. The fraction of sp³-hybridized carbons (Fsp3) is 0.440. The number of nitrogens with zero attached hydrogens (tertiary/aromatic N) is 2. The third-order valence-electron chi connectivity index (χ3n) is 5.74. The number of rotatable bonds is 8. The van der Waals surface area contributed by atoms with Crippen LogP contribution in [0.5, 0.6) is 0 Å². The molecule has 0 amide bonds. The summed E-state index contributed by atoms with van der Waals surface area (Å²) in [4.78, 5) is 32.4. The van der Waals surface area contributed by atoms with E-state index in [0.29, 0.717) is 28.6 Å². The predicted molar refractivity (Wildman–Crippen MR) is 132 cm³/mol. The van der Waals surface area contributed by atoms with Crippen molar-refractivity contribution in [3.05, 3.63) is 58.5 Å². The van der Waals surface area contributed by atoms with Gasteiger partial charge in [0.05, 0.1) is 23.5 Å². The van der Waals surface area contributed by atoms with E-state index in [0.717, 1.165) is 36.3 Å². The predicted octanol–water partition coefficient (Wildman–Crippen LogP) is 3.93. The first-order valence-electron chi connectivity index (χ1n) is 11.4. The summed E-state index contributed by atoms with van der Waals surface area (Å²) in [6, 6.07) is 8.09. The molecule has 2 aromatic heterocycles. The third-order valence-corrected chi connectivity index (χ3v) is 5.99. The summed E-state index contributed by atoms with van der Waals surface area (Å²) < 4.78 is 0. The maximum atomic E-state index is 10.7. The molecule has 1 atom stereocenters. The van der Waals surface area contributed by atoms with Gasteiger partial charge in [-0.1, -0.05) is 23.7 Å². The van der Waals surface area contributed by atoms with Crippen LogP contribution < -0.4 is 10.6 Å². The maximum Gasteiger partial charge on any atom is 0.156 e. The van der Waals surface area contributed by atoms with E-state index in [1.165, 1.54) is 31.2 Å². The minimum Gasteiger partial charge on any atom is -0.344 e. The molecule has 176 valence electrons. The van der Waals surface area contributed by atoms with Gasteiger partial charge in [-0.2, -0.15) is 0 Å². The number of carbonyl (C=O) groups excluding carboxylic acids is 2. The monoisotopic (exact) mass is 469 g/mol. The first kappa shape index (κ1) is 25.0. The highest BCUT2D eigenvalue weighted by molar-refractivity contribution is 6.30. The number of aromatic nitrogens is 3. The molecule has 3 aromatic rings. The molecule has 0 radical (unpaired) electrons. The zero-order chi connectivity index (χ0) is 23.6. The highest BCUT2D eigenvalue weighted by atomic mass is 35.5. The van der Waals surface area contributed by atoms with Crippen LogP contribution in [0, 0.1) is 5.92 Å². The van der Waals surface area contributed by atoms with Crippen molar-refractivity contribution in [2.75, 3.05) is 20.6 Å². The summed E-state index contributed by atoms with van der Waals surface area (Å²) >= 11 is 5.73. The molecule has 2 aliphatic carbocycles. The Balaban J connectivity index is 0.000000145. The Morgan fingerprint density at radius 3 is 2.39 bits per heavy atom.